The molecule has 1 unspecified atom stereocenters. The van der Waals surface area contributed by atoms with E-state index in [2.05, 4.69) is 22.5 Å². The van der Waals surface area contributed by atoms with Crippen molar-refractivity contribution in [2.75, 3.05) is 13.2 Å². The van der Waals surface area contributed by atoms with Crippen LogP contribution >= 0.6 is 0 Å². The summed E-state index contributed by atoms with van der Waals surface area (Å²) < 4.78 is 13.7. The minimum atomic E-state index is -0.774. The number of carbonyl (C=O) groups excluding carboxylic acids is 2. The SMILES string of the molecule is CCNC(=O)C(C)NC(=O)c1cc(C#CCO)ccc1F. The van der Waals surface area contributed by atoms with Crippen LogP contribution < -0.4 is 10.6 Å². The molecular weight excluding hydrogens is 275 g/mol. The van der Waals surface area contributed by atoms with E-state index in [0.717, 1.165) is 6.07 Å². The molecule has 0 bridgehead atoms. The van der Waals surface area contributed by atoms with Crippen LogP contribution in [-0.4, -0.2) is 36.1 Å². The van der Waals surface area contributed by atoms with Gasteiger partial charge in [0.1, 0.15) is 18.5 Å². The van der Waals surface area contributed by atoms with Crippen LogP contribution in [0, 0.1) is 17.7 Å². The van der Waals surface area contributed by atoms with Crippen molar-refractivity contribution in [3.8, 4) is 11.8 Å². The van der Waals surface area contributed by atoms with E-state index in [9.17, 15) is 14.0 Å². The van der Waals surface area contributed by atoms with E-state index in [1.165, 1.54) is 19.1 Å². The summed E-state index contributed by atoms with van der Waals surface area (Å²) in [6.07, 6.45) is 0. The molecule has 1 rings (SSSR count). The Labute approximate surface area is 122 Å². The zero-order valence-electron chi connectivity index (χ0n) is 11.9. The van der Waals surface area contributed by atoms with E-state index in [-0.39, 0.29) is 18.1 Å². The van der Waals surface area contributed by atoms with Gasteiger partial charge in [0.15, 0.2) is 0 Å². The second-order valence-corrected chi connectivity index (χ2v) is 4.24. The maximum Gasteiger partial charge on any atom is 0.254 e. The van der Waals surface area contributed by atoms with Crippen LogP contribution in [0.4, 0.5) is 4.39 Å². The van der Waals surface area contributed by atoms with Gasteiger partial charge in [-0.3, -0.25) is 9.59 Å². The van der Waals surface area contributed by atoms with Crippen molar-refractivity contribution < 1.29 is 19.1 Å². The second-order valence-electron chi connectivity index (χ2n) is 4.24. The topological polar surface area (TPSA) is 78.4 Å². The predicted octanol–water partition coefficient (Wildman–Crippen LogP) is 0.424. The first-order chi connectivity index (χ1) is 9.99. The van der Waals surface area contributed by atoms with Crippen molar-refractivity contribution in [2.24, 2.45) is 0 Å². The van der Waals surface area contributed by atoms with Gasteiger partial charge < -0.3 is 15.7 Å². The van der Waals surface area contributed by atoms with Crippen molar-refractivity contribution in [1.29, 1.82) is 0 Å². The molecule has 0 spiro atoms. The number of benzene rings is 1. The van der Waals surface area contributed by atoms with E-state index in [1.54, 1.807) is 6.92 Å². The number of halogens is 1. The Morgan fingerprint density at radius 3 is 2.76 bits per heavy atom. The van der Waals surface area contributed by atoms with Gasteiger partial charge in [-0.25, -0.2) is 4.39 Å². The molecule has 0 aromatic heterocycles. The molecule has 2 amide bonds. The van der Waals surface area contributed by atoms with E-state index >= 15 is 0 Å². The molecule has 21 heavy (non-hydrogen) atoms. The summed E-state index contributed by atoms with van der Waals surface area (Å²) in [7, 11) is 0. The maximum absolute atomic E-state index is 13.7. The maximum atomic E-state index is 13.7. The molecule has 1 atom stereocenters. The number of carbonyl (C=O) groups is 2. The molecule has 0 fully saturated rings. The highest BCUT2D eigenvalue weighted by atomic mass is 19.1. The lowest BCUT2D eigenvalue weighted by atomic mass is 10.1. The molecule has 0 heterocycles. The molecule has 0 saturated heterocycles. The van der Waals surface area contributed by atoms with Crippen molar-refractivity contribution in [3.05, 3.63) is 35.1 Å². The third kappa shape index (κ3) is 4.89. The molecule has 0 saturated carbocycles. The third-order valence-corrected chi connectivity index (χ3v) is 2.61. The minimum absolute atomic E-state index is 0.198. The van der Waals surface area contributed by atoms with Crippen LogP contribution in [0.25, 0.3) is 0 Å². The van der Waals surface area contributed by atoms with Gasteiger partial charge in [0, 0.05) is 12.1 Å². The van der Waals surface area contributed by atoms with Gasteiger partial charge >= 0.3 is 0 Å². The fraction of sp³-hybridized carbons (Fsp3) is 0.333. The Morgan fingerprint density at radius 2 is 2.14 bits per heavy atom. The summed E-state index contributed by atoms with van der Waals surface area (Å²) in [5.41, 5.74) is 0.206. The highest BCUT2D eigenvalue weighted by molar-refractivity contribution is 5.97. The highest BCUT2D eigenvalue weighted by Crippen LogP contribution is 2.10. The summed E-state index contributed by atoms with van der Waals surface area (Å²) in [6, 6.07) is 3.02. The minimum Gasteiger partial charge on any atom is -0.384 e. The summed E-state index contributed by atoms with van der Waals surface area (Å²) in [5.74, 6) is 3.26. The third-order valence-electron chi connectivity index (χ3n) is 2.61. The van der Waals surface area contributed by atoms with Crippen LogP contribution in [-0.2, 0) is 4.79 Å². The number of aliphatic hydroxyl groups excluding tert-OH is 1. The first-order valence-electron chi connectivity index (χ1n) is 6.47. The van der Waals surface area contributed by atoms with E-state index in [0.29, 0.717) is 12.1 Å². The quantitative estimate of drug-likeness (QED) is 0.704. The van der Waals surface area contributed by atoms with Crippen molar-refractivity contribution in [2.45, 2.75) is 19.9 Å². The Balaban J connectivity index is 2.89. The average molecular weight is 292 g/mol. The molecular formula is C15H17FN2O3. The molecule has 6 heteroatoms. The smallest absolute Gasteiger partial charge is 0.254 e. The van der Waals surface area contributed by atoms with Crippen molar-refractivity contribution >= 4 is 11.8 Å². The lowest BCUT2D eigenvalue weighted by molar-refractivity contribution is -0.122. The Kier molecular flexibility index (Phi) is 6.37. The fourth-order valence-electron chi connectivity index (χ4n) is 1.59. The normalized spacial score (nSPS) is 11.0. The largest absolute Gasteiger partial charge is 0.384 e. The standard InChI is InChI=1S/C15H17FN2O3/c1-3-17-14(20)10(2)18-15(21)12-9-11(5-4-8-19)6-7-13(12)16/h6-7,9-10,19H,3,8H2,1-2H3,(H,17,20)(H,18,21). The first-order valence-corrected chi connectivity index (χ1v) is 6.47. The molecule has 1 aromatic rings. The number of hydrogen-bond donors (Lipinski definition) is 3. The molecule has 0 aliphatic rings. The number of hydrogen-bond acceptors (Lipinski definition) is 3. The van der Waals surface area contributed by atoms with E-state index in [1.807, 2.05) is 0 Å². The second kappa shape index (κ2) is 8.02. The molecule has 112 valence electrons. The van der Waals surface area contributed by atoms with Gasteiger partial charge in [0.05, 0.1) is 5.56 Å². The summed E-state index contributed by atoms with van der Waals surface area (Å²) in [5, 5.41) is 13.6. The fourth-order valence-corrected chi connectivity index (χ4v) is 1.59. The van der Waals surface area contributed by atoms with Crippen LogP contribution in [0.5, 0.6) is 0 Å². The van der Waals surface area contributed by atoms with E-state index in [4.69, 9.17) is 5.11 Å². The van der Waals surface area contributed by atoms with E-state index < -0.39 is 17.8 Å². The Morgan fingerprint density at radius 1 is 1.43 bits per heavy atom. The van der Waals surface area contributed by atoms with Gasteiger partial charge in [-0.1, -0.05) is 11.8 Å². The van der Waals surface area contributed by atoms with Gasteiger partial charge in [-0.2, -0.15) is 0 Å². The van der Waals surface area contributed by atoms with Crippen molar-refractivity contribution in [3.63, 3.8) is 0 Å². The monoisotopic (exact) mass is 292 g/mol. The van der Waals surface area contributed by atoms with Crippen LogP contribution in [0.15, 0.2) is 18.2 Å². The Hall–Kier alpha value is -2.39. The number of likely N-dealkylation sites (N-methyl/N-ethyl adjacent to an activating group) is 1. The predicted molar refractivity (Wildman–Crippen MR) is 76.0 cm³/mol. The summed E-state index contributed by atoms with van der Waals surface area (Å²) >= 11 is 0. The first kappa shape index (κ1) is 16.7. The lowest BCUT2D eigenvalue weighted by Crippen LogP contribution is -2.44. The Bertz CT molecular complexity index is 590. The molecule has 0 aliphatic heterocycles. The molecule has 0 radical (unpaired) electrons. The van der Waals surface area contributed by atoms with Gasteiger partial charge in [0.25, 0.3) is 5.91 Å². The molecule has 3 N–H and O–H groups in total. The average Bonchev–Trinajstić information content (AvgIpc) is 2.46. The highest BCUT2D eigenvalue weighted by Gasteiger charge is 2.18. The molecule has 1 aromatic carbocycles. The molecule has 5 nitrogen and oxygen atoms in total. The van der Waals surface area contributed by atoms with Crippen LogP contribution in [0.3, 0.4) is 0 Å². The summed E-state index contributed by atoms with van der Waals surface area (Å²) in [6.45, 7) is 3.39. The zero-order valence-corrected chi connectivity index (χ0v) is 11.9. The number of amides is 2. The summed E-state index contributed by atoms with van der Waals surface area (Å²) in [4.78, 5) is 23.5. The van der Waals surface area contributed by atoms with Gasteiger partial charge in [0.2, 0.25) is 5.91 Å². The van der Waals surface area contributed by atoms with Gasteiger partial charge in [-0.05, 0) is 32.0 Å². The number of rotatable bonds is 4. The van der Waals surface area contributed by atoms with Crippen LogP contribution in [0.1, 0.15) is 29.8 Å². The number of aliphatic hydroxyl groups is 1. The molecule has 0 aliphatic carbocycles. The lowest BCUT2D eigenvalue weighted by Gasteiger charge is -2.13. The van der Waals surface area contributed by atoms with Gasteiger partial charge in [-0.15, -0.1) is 0 Å². The van der Waals surface area contributed by atoms with Crippen LogP contribution in [0.2, 0.25) is 0 Å². The number of nitrogens with one attached hydrogen (secondary N) is 2. The van der Waals surface area contributed by atoms with Crippen molar-refractivity contribution in [1.82, 2.24) is 10.6 Å². The zero-order chi connectivity index (χ0) is 15.8.